The van der Waals surface area contributed by atoms with Crippen LogP contribution in [-0.4, -0.2) is 17.4 Å². The molecule has 1 aliphatic rings. The van der Waals surface area contributed by atoms with Gasteiger partial charge in [-0.2, -0.15) is 0 Å². The van der Waals surface area contributed by atoms with Crippen LogP contribution in [0.5, 0.6) is 0 Å². The van der Waals surface area contributed by atoms with E-state index < -0.39 is 0 Å². The molecular formula is C20H25NO. The average molecular weight is 295 g/mol. The number of aliphatic hydroxyl groups is 1. The molecule has 0 spiro atoms. The molecule has 2 aromatic rings. The summed E-state index contributed by atoms with van der Waals surface area (Å²) in [4.78, 5) is 4.83. The van der Waals surface area contributed by atoms with Crippen molar-refractivity contribution < 1.29 is 5.11 Å². The number of benzene rings is 2. The predicted molar refractivity (Wildman–Crippen MR) is 93.5 cm³/mol. The Kier molecular flexibility index (Phi) is 6.35. The molecule has 0 bridgehead atoms. The molecule has 0 aliphatic heterocycles. The van der Waals surface area contributed by atoms with E-state index in [9.17, 15) is 5.11 Å². The zero-order chi connectivity index (χ0) is 15.8. The minimum Gasteiger partial charge on any atom is -0.394 e. The van der Waals surface area contributed by atoms with E-state index in [4.69, 9.17) is 4.99 Å². The monoisotopic (exact) mass is 295 g/mol. The highest BCUT2D eigenvalue weighted by Crippen LogP contribution is 2.25. The maximum atomic E-state index is 9.65. The van der Waals surface area contributed by atoms with Crippen molar-refractivity contribution in [2.45, 2.75) is 39.2 Å². The van der Waals surface area contributed by atoms with Crippen molar-refractivity contribution in [1.29, 1.82) is 0 Å². The first-order chi connectivity index (χ1) is 10.9. The molecule has 0 heterocycles. The topological polar surface area (TPSA) is 32.6 Å². The van der Waals surface area contributed by atoms with Crippen molar-refractivity contribution in [3.63, 3.8) is 0 Å². The van der Waals surface area contributed by atoms with Gasteiger partial charge in [0.05, 0.1) is 12.6 Å². The van der Waals surface area contributed by atoms with Crippen molar-refractivity contribution in [3.8, 4) is 0 Å². The normalized spacial score (nSPS) is 16.4. The molecule has 1 N–H and O–H groups in total. The highest BCUT2D eigenvalue weighted by Gasteiger charge is 2.17. The molecule has 1 aliphatic carbocycles. The average Bonchev–Trinajstić information content (AvgIpc) is 2.62. The highest BCUT2D eigenvalue weighted by molar-refractivity contribution is 6.02. The van der Waals surface area contributed by atoms with E-state index in [-0.39, 0.29) is 12.6 Å². The van der Waals surface area contributed by atoms with Gasteiger partial charge in [0.1, 0.15) is 0 Å². The van der Waals surface area contributed by atoms with Gasteiger partial charge < -0.3 is 5.11 Å². The molecule has 22 heavy (non-hydrogen) atoms. The molecule has 0 amide bonds. The second-order valence-electron chi connectivity index (χ2n) is 5.20. The van der Waals surface area contributed by atoms with Gasteiger partial charge in [0.25, 0.3) is 0 Å². The Balaban J connectivity index is 0.000000847. The third-order valence-electron chi connectivity index (χ3n) is 3.86. The minimum atomic E-state index is -0.155. The van der Waals surface area contributed by atoms with Crippen LogP contribution in [0.25, 0.3) is 0 Å². The van der Waals surface area contributed by atoms with E-state index >= 15 is 0 Å². The van der Waals surface area contributed by atoms with Gasteiger partial charge in [-0.3, -0.25) is 4.99 Å². The molecule has 2 aromatic carbocycles. The lowest BCUT2D eigenvalue weighted by Gasteiger charge is -2.20. The molecule has 0 fully saturated rings. The zero-order valence-electron chi connectivity index (χ0n) is 13.5. The quantitative estimate of drug-likeness (QED) is 0.883. The Morgan fingerprint density at radius 2 is 1.64 bits per heavy atom. The summed E-state index contributed by atoms with van der Waals surface area (Å²) in [6.45, 7) is 4.05. The second-order valence-corrected chi connectivity index (χ2v) is 5.20. The summed E-state index contributed by atoms with van der Waals surface area (Å²) in [5.41, 5.74) is 4.84. The summed E-state index contributed by atoms with van der Waals surface area (Å²) in [5, 5.41) is 9.65. The summed E-state index contributed by atoms with van der Waals surface area (Å²) in [5.74, 6) is 0. The van der Waals surface area contributed by atoms with Crippen LogP contribution in [0.2, 0.25) is 0 Å². The third-order valence-corrected chi connectivity index (χ3v) is 3.86. The van der Waals surface area contributed by atoms with Gasteiger partial charge in [-0.25, -0.2) is 0 Å². The Hall–Kier alpha value is -1.93. The maximum Gasteiger partial charge on any atom is 0.0983 e. The smallest absolute Gasteiger partial charge is 0.0983 e. The van der Waals surface area contributed by atoms with Crippen LogP contribution in [0.3, 0.4) is 0 Å². The Labute approximate surface area is 133 Å². The van der Waals surface area contributed by atoms with Crippen molar-refractivity contribution in [2.75, 3.05) is 6.61 Å². The summed E-state index contributed by atoms with van der Waals surface area (Å²) in [7, 11) is 0. The van der Waals surface area contributed by atoms with E-state index in [0.717, 1.165) is 30.5 Å². The van der Waals surface area contributed by atoms with Gasteiger partial charge in [-0.05, 0) is 36.0 Å². The summed E-state index contributed by atoms with van der Waals surface area (Å²) >= 11 is 0. The Bertz CT molecular complexity index is 604. The van der Waals surface area contributed by atoms with E-state index in [1.165, 1.54) is 11.1 Å². The number of aryl methyl sites for hydroxylation is 1. The van der Waals surface area contributed by atoms with Gasteiger partial charge in [-0.1, -0.05) is 68.4 Å². The lowest BCUT2D eigenvalue weighted by atomic mass is 9.90. The molecular weight excluding hydrogens is 270 g/mol. The number of hydrogen-bond acceptors (Lipinski definition) is 2. The van der Waals surface area contributed by atoms with Crippen LogP contribution in [0.1, 0.15) is 49.4 Å². The third kappa shape index (κ3) is 3.83. The van der Waals surface area contributed by atoms with Gasteiger partial charge >= 0.3 is 0 Å². The van der Waals surface area contributed by atoms with E-state index in [0.29, 0.717) is 0 Å². The van der Waals surface area contributed by atoms with Gasteiger partial charge in [0.2, 0.25) is 0 Å². The Morgan fingerprint density at radius 3 is 2.36 bits per heavy atom. The van der Waals surface area contributed by atoms with Gasteiger partial charge in [0, 0.05) is 5.71 Å². The molecule has 0 saturated heterocycles. The van der Waals surface area contributed by atoms with E-state index in [1.807, 2.05) is 44.2 Å². The molecule has 0 saturated carbocycles. The molecule has 0 radical (unpaired) electrons. The molecule has 0 aromatic heterocycles. The highest BCUT2D eigenvalue weighted by atomic mass is 16.3. The van der Waals surface area contributed by atoms with Gasteiger partial charge in [0.15, 0.2) is 0 Å². The maximum absolute atomic E-state index is 9.65. The largest absolute Gasteiger partial charge is 0.394 e. The SMILES string of the molecule is CC.OC[C@H](N=C1CCCc2ccccc21)c1ccccc1. The minimum absolute atomic E-state index is 0.0513. The number of nitrogens with zero attached hydrogens (tertiary/aromatic N) is 1. The first-order valence-electron chi connectivity index (χ1n) is 8.19. The number of aliphatic hydroxyl groups excluding tert-OH is 1. The van der Waals surface area contributed by atoms with Crippen LogP contribution in [0.15, 0.2) is 59.6 Å². The fraction of sp³-hybridized carbons (Fsp3) is 0.350. The van der Waals surface area contributed by atoms with Crippen molar-refractivity contribution in [3.05, 3.63) is 71.3 Å². The molecule has 1 atom stereocenters. The Morgan fingerprint density at radius 1 is 0.955 bits per heavy atom. The van der Waals surface area contributed by atoms with Crippen molar-refractivity contribution in [2.24, 2.45) is 4.99 Å². The van der Waals surface area contributed by atoms with Crippen LogP contribution in [0.4, 0.5) is 0 Å². The second kappa shape index (κ2) is 8.50. The lowest BCUT2D eigenvalue weighted by molar-refractivity contribution is 0.269. The predicted octanol–water partition coefficient (Wildman–Crippen LogP) is 4.57. The number of rotatable bonds is 3. The summed E-state index contributed by atoms with van der Waals surface area (Å²) < 4.78 is 0. The summed E-state index contributed by atoms with van der Waals surface area (Å²) in [6.07, 6.45) is 3.27. The first kappa shape index (κ1) is 16.4. The number of aliphatic imine (C=N–C) groups is 1. The van der Waals surface area contributed by atoms with Crippen LogP contribution < -0.4 is 0 Å². The standard InChI is InChI=1S/C18H19NO.C2H6/c20-13-18(15-8-2-1-3-9-15)19-17-12-6-10-14-7-4-5-11-16(14)17;1-2/h1-5,7-9,11,18,20H,6,10,12-13H2;1-2H3/t18-;/m0./s1. The van der Waals surface area contributed by atoms with Crippen LogP contribution in [0, 0.1) is 0 Å². The van der Waals surface area contributed by atoms with Crippen molar-refractivity contribution >= 4 is 5.71 Å². The molecule has 0 unspecified atom stereocenters. The van der Waals surface area contributed by atoms with E-state index in [1.54, 1.807) is 0 Å². The summed E-state index contributed by atoms with van der Waals surface area (Å²) in [6, 6.07) is 18.4. The molecule has 3 rings (SSSR count). The first-order valence-corrected chi connectivity index (χ1v) is 8.19. The fourth-order valence-electron chi connectivity index (χ4n) is 2.82. The molecule has 116 valence electrons. The number of fused-ring (bicyclic) bond motifs is 1. The van der Waals surface area contributed by atoms with Crippen LogP contribution in [-0.2, 0) is 6.42 Å². The molecule has 2 nitrogen and oxygen atoms in total. The van der Waals surface area contributed by atoms with E-state index in [2.05, 4.69) is 24.3 Å². The van der Waals surface area contributed by atoms with Crippen molar-refractivity contribution in [1.82, 2.24) is 0 Å². The number of hydrogen-bond donors (Lipinski definition) is 1. The zero-order valence-corrected chi connectivity index (χ0v) is 13.5. The fourth-order valence-corrected chi connectivity index (χ4v) is 2.82. The van der Waals surface area contributed by atoms with Crippen LogP contribution >= 0.6 is 0 Å². The molecule has 2 heteroatoms. The lowest BCUT2D eigenvalue weighted by Crippen LogP contribution is -2.14. The van der Waals surface area contributed by atoms with Gasteiger partial charge in [-0.15, -0.1) is 0 Å².